The van der Waals surface area contributed by atoms with E-state index in [-0.39, 0.29) is 47.8 Å². The predicted molar refractivity (Wildman–Crippen MR) is 399 cm³/mol. The van der Waals surface area contributed by atoms with Crippen LogP contribution in [0.15, 0.2) is 176 Å². The number of fused-ring (bicyclic) bond motifs is 8. The molecule has 4 aromatic heterocycles. The van der Waals surface area contributed by atoms with E-state index in [0.29, 0.717) is 13.1 Å². The van der Waals surface area contributed by atoms with Crippen molar-refractivity contribution in [2.24, 2.45) is 0 Å². The summed E-state index contributed by atoms with van der Waals surface area (Å²) in [5.74, 6) is 4.81. The lowest BCUT2D eigenvalue weighted by Gasteiger charge is -2.30. The van der Waals surface area contributed by atoms with Crippen LogP contribution >= 0.6 is 15.9 Å². The van der Waals surface area contributed by atoms with Crippen molar-refractivity contribution in [1.82, 2.24) is 60.3 Å². The zero-order valence-corrected chi connectivity index (χ0v) is 60.3. The van der Waals surface area contributed by atoms with Crippen molar-refractivity contribution in [1.29, 1.82) is 0 Å². The second-order valence-electron chi connectivity index (χ2n) is 26.9. The molecule has 4 amide bonds. The number of hydrogen-bond acceptors (Lipinski definition) is 17. The van der Waals surface area contributed by atoms with Gasteiger partial charge < -0.3 is 44.6 Å². The van der Waals surface area contributed by atoms with E-state index in [1.807, 2.05) is 152 Å². The van der Waals surface area contributed by atoms with Gasteiger partial charge in [-0.2, -0.15) is 0 Å². The molecule has 1 aliphatic carbocycles. The van der Waals surface area contributed by atoms with Gasteiger partial charge in [0.1, 0.15) is 54.3 Å². The number of carbonyl (C=O) groups is 4. The largest absolute Gasteiger partial charge is 0.497 e. The van der Waals surface area contributed by atoms with E-state index in [1.165, 1.54) is 47.2 Å². The van der Waals surface area contributed by atoms with Crippen LogP contribution in [0.2, 0.25) is 0 Å². The molecule has 4 unspecified atom stereocenters. The van der Waals surface area contributed by atoms with E-state index in [2.05, 4.69) is 113 Å². The summed E-state index contributed by atoms with van der Waals surface area (Å²) in [6.07, 6.45) is 25.3. The summed E-state index contributed by atoms with van der Waals surface area (Å²) < 4.78 is 11.4. The molecule has 21 nitrogen and oxygen atoms in total. The lowest BCUT2D eigenvalue weighted by atomic mass is 9.98. The van der Waals surface area contributed by atoms with Crippen molar-refractivity contribution in [3.8, 4) is 11.5 Å². The number of rotatable bonds is 9. The highest BCUT2D eigenvalue weighted by Gasteiger charge is 2.37. The zero-order chi connectivity index (χ0) is 71.3. The third-order valence-electron chi connectivity index (χ3n) is 20.5. The van der Waals surface area contributed by atoms with E-state index in [0.717, 1.165) is 171 Å². The van der Waals surface area contributed by atoms with Crippen molar-refractivity contribution >= 4 is 74.1 Å². The molecular formula is C81H82BrN15O6. The van der Waals surface area contributed by atoms with Crippen molar-refractivity contribution in [3.63, 3.8) is 0 Å². The minimum Gasteiger partial charge on any atom is -0.497 e. The van der Waals surface area contributed by atoms with Gasteiger partial charge in [-0.25, -0.2) is 39.9 Å². The quantitative estimate of drug-likeness (QED) is 0.137. The molecule has 2 N–H and O–H groups in total. The molecular weight excluding hydrogens is 1360 g/mol. The number of carbonyl (C=O) groups excluding carboxylic acids is 4. The Labute approximate surface area is 608 Å². The van der Waals surface area contributed by atoms with Crippen LogP contribution in [0.1, 0.15) is 187 Å². The van der Waals surface area contributed by atoms with Gasteiger partial charge >= 0.3 is 0 Å². The first-order chi connectivity index (χ1) is 50.2. The minimum absolute atomic E-state index is 0.0178. The number of nitrogens with zero attached hydrogens (tertiary/aromatic N) is 13. The van der Waals surface area contributed by atoms with Crippen LogP contribution in [-0.2, 0) is 45.2 Å². The van der Waals surface area contributed by atoms with Gasteiger partial charge in [-0.1, -0.05) is 40.2 Å². The average molecular weight is 1440 g/mol. The van der Waals surface area contributed by atoms with Crippen molar-refractivity contribution in [3.05, 3.63) is 259 Å². The van der Waals surface area contributed by atoms with Gasteiger partial charge in [-0.3, -0.25) is 19.2 Å². The Balaban J connectivity index is 0.000000112. The molecule has 0 saturated heterocycles. The van der Waals surface area contributed by atoms with Crippen LogP contribution in [0.5, 0.6) is 11.5 Å². The standard InChI is InChI=1S/C24H24N4O2.C17H16BrNO2.2C16H16N4O.C8H10N2/c1-16-22-12-19(27-11-3-4-18-13-25-15-26-23(18)27)7-10-21(22)24(29)28(16)14-17-5-8-20(30-2)9-6-17;1-11-16-9-13(18)5-8-15(16)17(20)19(11)10-12-3-6-14(21-2)7-4-12;2*1-10-14-7-12(4-5-13(14)16(21)19-10)20-6-2-3-11-8-17-9-18-15(11)20;1-2-4-8-7(3-1)5-9-6-10-8/h5-10,12-13,15-16H,3-4,11,14H2,1-2H3;3-9,11H,10H2,1-2H3;2*4-5,7-10H,2-3,6H2,1H3,(H,19,21);5-6H,1-4H2. The lowest BCUT2D eigenvalue weighted by molar-refractivity contribution is 0.0715. The van der Waals surface area contributed by atoms with E-state index in [4.69, 9.17) is 9.47 Å². The smallest absolute Gasteiger partial charge is 0.255 e. The molecule has 22 heteroatoms. The summed E-state index contributed by atoms with van der Waals surface area (Å²) in [6, 6.07) is 40.0. The number of ether oxygens (including phenoxy) is 2. The second-order valence-corrected chi connectivity index (χ2v) is 27.8. The molecule has 11 heterocycles. The molecule has 0 radical (unpaired) electrons. The number of nitrogens with one attached hydrogen (secondary N) is 2. The van der Waals surface area contributed by atoms with E-state index < -0.39 is 0 Å². The average Bonchev–Trinajstić information content (AvgIpc) is 1.52. The van der Waals surface area contributed by atoms with Crippen LogP contribution in [0.4, 0.5) is 34.5 Å². The number of benzene rings is 6. The van der Waals surface area contributed by atoms with E-state index in [9.17, 15) is 19.2 Å². The minimum atomic E-state index is 0.0178. The second kappa shape index (κ2) is 30.7. The maximum Gasteiger partial charge on any atom is 0.255 e. The number of aromatic nitrogens is 8. The van der Waals surface area contributed by atoms with Gasteiger partial charge in [0, 0.05) is 124 Å². The first-order valence-corrected chi connectivity index (χ1v) is 36.2. The summed E-state index contributed by atoms with van der Waals surface area (Å²) in [7, 11) is 3.30. The zero-order valence-electron chi connectivity index (χ0n) is 58.7. The molecule has 0 spiro atoms. The summed E-state index contributed by atoms with van der Waals surface area (Å²) in [4.78, 5) is 93.7. The first-order valence-electron chi connectivity index (χ1n) is 35.4. The number of anilines is 6. The van der Waals surface area contributed by atoms with Crippen LogP contribution in [0, 0.1) is 0 Å². The molecule has 0 bridgehead atoms. The molecule has 0 saturated carbocycles. The highest BCUT2D eigenvalue weighted by atomic mass is 79.9. The maximum absolute atomic E-state index is 13.1. The Bertz CT molecular complexity index is 4660. The van der Waals surface area contributed by atoms with Crippen molar-refractivity contribution < 1.29 is 28.7 Å². The fourth-order valence-corrected chi connectivity index (χ4v) is 15.3. The first kappa shape index (κ1) is 69.1. The van der Waals surface area contributed by atoms with Gasteiger partial charge in [0.25, 0.3) is 23.6 Å². The summed E-state index contributed by atoms with van der Waals surface area (Å²) in [5.41, 5.74) is 19.1. The Morgan fingerprint density at radius 1 is 0.417 bits per heavy atom. The molecule has 18 rings (SSSR count). The molecule has 10 aromatic rings. The van der Waals surface area contributed by atoms with Gasteiger partial charge in [-0.05, 0) is 228 Å². The molecule has 103 heavy (non-hydrogen) atoms. The molecule has 7 aliphatic heterocycles. The number of amides is 4. The van der Waals surface area contributed by atoms with E-state index >= 15 is 0 Å². The number of methoxy groups -OCH3 is 2. The van der Waals surface area contributed by atoms with Gasteiger partial charge in [0.15, 0.2) is 0 Å². The lowest BCUT2D eigenvalue weighted by Crippen LogP contribution is -2.26. The van der Waals surface area contributed by atoms with Crippen LogP contribution in [0.3, 0.4) is 0 Å². The highest BCUT2D eigenvalue weighted by molar-refractivity contribution is 9.10. The highest BCUT2D eigenvalue weighted by Crippen LogP contribution is 2.42. The maximum atomic E-state index is 13.1. The van der Waals surface area contributed by atoms with E-state index in [1.54, 1.807) is 39.5 Å². The fraction of sp³-hybridized carbons (Fsp3) is 0.309. The number of aryl methyl sites for hydroxylation is 5. The Morgan fingerprint density at radius 3 is 1.21 bits per heavy atom. The summed E-state index contributed by atoms with van der Waals surface area (Å²) in [5, 5.41) is 5.90. The fourth-order valence-electron chi connectivity index (χ4n) is 15.0. The Kier molecular flexibility index (Phi) is 20.6. The summed E-state index contributed by atoms with van der Waals surface area (Å²) >= 11 is 3.47. The number of hydrogen-bond donors (Lipinski definition) is 2. The molecule has 524 valence electrons. The third kappa shape index (κ3) is 14.6. The third-order valence-corrected chi connectivity index (χ3v) is 21.0. The Hall–Kier alpha value is -11.0. The predicted octanol–water partition coefficient (Wildman–Crippen LogP) is 14.5. The Morgan fingerprint density at radius 2 is 0.786 bits per heavy atom. The van der Waals surface area contributed by atoms with Crippen molar-refractivity contribution in [2.45, 2.75) is 129 Å². The molecule has 8 aliphatic rings. The topological polar surface area (TPSA) is 230 Å². The van der Waals surface area contributed by atoms with Gasteiger partial charge in [0.2, 0.25) is 0 Å². The van der Waals surface area contributed by atoms with Gasteiger partial charge in [0.05, 0.1) is 38.4 Å². The molecule has 4 atom stereocenters. The molecule has 0 fully saturated rings. The molecule has 6 aromatic carbocycles. The van der Waals surface area contributed by atoms with Crippen LogP contribution < -0.4 is 34.8 Å². The summed E-state index contributed by atoms with van der Waals surface area (Å²) in [6.45, 7) is 12.2. The van der Waals surface area contributed by atoms with Crippen LogP contribution in [0.25, 0.3) is 0 Å². The van der Waals surface area contributed by atoms with Crippen molar-refractivity contribution in [2.75, 3.05) is 48.6 Å². The normalized spacial score (nSPS) is 18.3. The number of halogens is 1. The monoisotopic (exact) mass is 1440 g/mol. The van der Waals surface area contributed by atoms with Crippen LogP contribution in [-0.4, -0.2) is 107 Å². The van der Waals surface area contributed by atoms with Gasteiger partial charge in [-0.15, -0.1) is 0 Å². The SMILES string of the molecule is CC1NC(=O)c2ccc(N3CCCc4cncnc43)cc21.CC1NC(=O)c2ccc(N3CCCc4cncnc43)cc21.COc1ccc(CN2C(=O)c3ccc(Br)cc3C2C)cc1.COc1ccc(CN2C(=O)c3ccc(N4CCCc5cncnc54)cc3C2C)cc1.c1ncc2c(n1)CCCC2.